The molecule has 0 saturated heterocycles. The molecule has 1 aromatic carbocycles. The highest BCUT2D eigenvalue weighted by molar-refractivity contribution is 9.10. The highest BCUT2D eigenvalue weighted by Gasteiger charge is 2.33. The fraction of sp³-hybridized carbons (Fsp3) is 0.600. The van der Waals surface area contributed by atoms with Crippen molar-refractivity contribution in [2.45, 2.75) is 45.8 Å². The van der Waals surface area contributed by atoms with E-state index >= 15 is 0 Å². The van der Waals surface area contributed by atoms with Crippen molar-refractivity contribution in [1.29, 1.82) is 0 Å². The van der Waals surface area contributed by atoms with Gasteiger partial charge in [-0.1, -0.05) is 49.2 Å². The van der Waals surface area contributed by atoms with E-state index in [4.69, 9.17) is 0 Å². The monoisotopic (exact) mass is 351 g/mol. The van der Waals surface area contributed by atoms with Crippen molar-refractivity contribution in [3.8, 4) is 0 Å². The maximum Gasteiger partial charge on any atom is 0.417 e. The van der Waals surface area contributed by atoms with Crippen molar-refractivity contribution in [3.05, 3.63) is 33.8 Å². The summed E-state index contributed by atoms with van der Waals surface area (Å²) in [5.41, 5.74) is 0.0877. The molecule has 114 valence electrons. The minimum Gasteiger partial charge on any atom is -0.310 e. The van der Waals surface area contributed by atoms with Crippen LogP contribution in [-0.4, -0.2) is 6.54 Å². The van der Waals surface area contributed by atoms with Gasteiger partial charge in [0.05, 0.1) is 5.56 Å². The second-order valence-corrected chi connectivity index (χ2v) is 5.95. The summed E-state index contributed by atoms with van der Waals surface area (Å²) in [4.78, 5) is 0. The van der Waals surface area contributed by atoms with Gasteiger partial charge in [0.1, 0.15) is 0 Å². The lowest BCUT2D eigenvalue weighted by atomic mass is 9.93. The van der Waals surface area contributed by atoms with Gasteiger partial charge in [0.15, 0.2) is 0 Å². The molecule has 0 saturated carbocycles. The van der Waals surface area contributed by atoms with Gasteiger partial charge >= 0.3 is 6.18 Å². The van der Waals surface area contributed by atoms with Crippen molar-refractivity contribution in [2.24, 2.45) is 5.92 Å². The van der Waals surface area contributed by atoms with Gasteiger partial charge in [0.25, 0.3) is 0 Å². The first-order valence-corrected chi connectivity index (χ1v) is 7.68. The van der Waals surface area contributed by atoms with Crippen LogP contribution in [0.2, 0.25) is 0 Å². The molecule has 1 N–H and O–H groups in total. The predicted octanol–water partition coefficient (Wildman–Crippen LogP) is 5.55. The quantitative estimate of drug-likeness (QED) is 0.707. The lowest BCUT2D eigenvalue weighted by Gasteiger charge is -2.23. The van der Waals surface area contributed by atoms with Crippen LogP contribution in [0.5, 0.6) is 0 Å². The van der Waals surface area contributed by atoms with Gasteiger partial charge in [-0.3, -0.25) is 0 Å². The molecule has 0 aliphatic heterocycles. The van der Waals surface area contributed by atoms with Gasteiger partial charge < -0.3 is 5.32 Å². The van der Waals surface area contributed by atoms with E-state index in [2.05, 4.69) is 35.1 Å². The van der Waals surface area contributed by atoms with Crippen molar-refractivity contribution in [3.63, 3.8) is 0 Å². The standard InChI is InChI=1S/C15H21BrF3N/c1-4-10(3)8-14(20-5-2)11-6-7-13(16)12(9-11)15(17,18)19/h6-7,9-10,14,20H,4-5,8H2,1-3H3. The number of nitrogens with one attached hydrogen (secondary N) is 1. The second kappa shape index (κ2) is 7.46. The predicted molar refractivity (Wildman–Crippen MR) is 79.6 cm³/mol. The molecule has 0 aromatic heterocycles. The molecule has 2 atom stereocenters. The summed E-state index contributed by atoms with van der Waals surface area (Å²) in [6.45, 7) is 6.91. The minimum atomic E-state index is -4.33. The van der Waals surface area contributed by atoms with Crippen LogP contribution in [0.25, 0.3) is 0 Å². The zero-order valence-electron chi connectivity index (χ0n) is 12.0. The Labute approximate surface area is 127 Å². The van der Waals surface area contributed by atoms with Gasteiger partial charge in [-0.2, -0.15) is 13.2 Å². The molecule has 1 rings (SSSR count). The van der Waals surface area contributed by atoms with E-state index in [0.717, 1.165) is 19.4 Å². The Balaban J connectivity index is 3.08. The lowest BCUT2D eigenvalue weighted by Crippen LogP contribution is -2.23. The van der Waals surface area contributed by atoms with E-state index < -0.39 is 11.7 Å². The Morgan fingerprint density at radius 1 is 1.25 bits per heavy atom. The number of benzene rings is 1. The van der Waals surface area contributed by atoms with E-state index in [1.165, 1.54) is 12.1 Å². The number of alkyl halides is 3. The van der Waals surface area contributed by atoms with Crippen LogP contribution in [0.3, 0.4) is 0 Å². The highest BCUT2D eigenvalue weighted by atomic mass is 79.9. The average Bonchev–Trinajstić information content (AvgIpc) is 2.37. The third kappa shape index (κ3) is 4.77. The van der Waals surface area contributed by atoms with Crippen LogP contribution >= 0.6 is 15.9 Å². The molecule has 0 heterocycles. The van der Waals surface area contributed by atoms with E-state index in [1.807, 2.05) is 6.92 Å². The first-order valence-electron chi connectivity index (χ1n) is 6.89. The SMILES string of the molecule is CCNC(CC(C)CC)c1ccc(Br)c(C(F)(F)F)c1. The molecule has 0 bridgehead atoms. The normalized spacial score (nSPS) is 15.2. The van der Waals surface area contributed by atoms with Crippen molar-refractivity contribution in [2.75, 3.05) is 6.54 Å². The highest BCUT2D eigenvalue weighted by Crippen LogP contribution is 2.37. The summed E-state index contributed by atoms with van der Waals surface area (Å²) in [7, 11) is 0. The summed E-state index contributed by atoms with van der Waals surface area (Å²) in [5.74, 6) is 0.469. The molecule has 0 aliphatic rings. The van der Waals surface area contributed by atoms with Crippen LogP contribution in [-0.2, 0) is 6.18 Å². The van der Waals surface area contributed by atoms with E-state index in [9.17, 15) is 13.2 Å². The summed E-state index contributed by atoms with van der Waals surface area (Å²) < 4.78 is 39.0. The van der Waals surface area contributed by atoms with Gasteiger partial charge in [-0.25, -0.2) is 0 Å². The average molecular weight is 352 g/mol. The fourth-order valence-corrected chi connectivity index (χ4v) is 2.60. The van der Waals surface area contributed by atoms with E-state index in [0.29, 0.717) is 11.5 Å². The third-order valence-electron chi connectivity index (χ3n) is 3.48. The summed E-state index contributed by atoms with van der Waals surface area (Å²) in [6.07, 6.45) is -2.48. The molecule has 1 aromatic rings. The van der Waals surface area contributed by atoms with Crippen molar-refractivity contribution < 1.29 is 13.2 Å². The van der Waals surface area contributed by atoms with Crippen LogP contribution in [0.15, 0.2) is 22.7 Å². The molecular formula is C15H21BrF3N. The first-order chi connectivity index (χ1) is 9.29. The Kier molecular flexibility index (Phi) is 6.52. The fourth-order valence-electron chi connectivity index (χ4n) is 2.13. The molecule has 0 aliphatic carbocycles. The molecular weight excluding hydrogens is 331 g/mol. The zero-order chi connectivity index (χ0) is 15.3. The molecule has 5 heteroatoms. The zero-order valence-corrected chi connectivity index (χ0v) is 13.6. The molecule has 2 unspecified atom stereocenters. The maximum absolute atomic E-state index is 13.0. The largest absolute Gasteiger partial charge is 0.417 e. The van der Waals surface area contributed by atoms with Gasteiger partial charge in [-0.15, -0.1) is 0 Å². The Morgan fingerprint density at radius 3 is 2.40 bits per heavy atom. The summed E-state index contributed by atoms with van der Waals surface area (Å²) >= 11 is 2.98. The molecule has 20 heavy (non-hydrogen) atoms. The van der Waals surface area contributed by atoms with Crippen LogP contribution in [0.4, 0.5) is 13.2 Å². The number of rotatable bonds is 6. The van der Waals surface area contributed by atoms with Crippen LogP contribution in [0, 0.1) is 5.92 Å². The Hall–Kier alpha value is -0.550. The lowest BCUT2D eigenvalue weighted by molar-refractivity contribution is -0.138. The first kappa shape index (κ1) is 17.5. The summed E-state index contributed by atoms with van der Waals surface area (Å²) in [5, 5.41) is 3.28. The van der Waals surface area contributed by atoms with E-state index in [-0.39, 0.29) is 10.5 Å². The maximum atomic E-state index is 13.0. The van der Waals surface area contributed by atoms with Crippen LogP contribution in [0.1, 0.15) is 50.8 Å². The van der Waals surface area contributed by atoms with Crippen molar-refractivity contribution >= 4 is 15.9 Å². The third-order valence-corrected chi connectivity index (χ3v) is 4.18. The Bertz CT molecular complexity index is 432. The second-order valence-electron chi connectivity index (χ2n) is 5.10. The smallest absolute Gasteiger partial charge is 0.310 e. The number of hydrogen-bond donors (Lipinski definition) is 1. The topological polar surface area (TPSA) is 12.0 Å². The Morgan fingerprint density at radius 2 is 1.90 bits per heavy atom. The molecule has 0 radical (unpaired) electrons. The minimum absolute atomic E-state index is 0.0378. The van der Waals surface area contributed by atoms with Gasteiger partial charge in [-0.05, 0) is 36.6 Å². The molecule has 0 fully saturated rings. The van der Waals surface area contributed by atoms with Gasteiger partial charge in [0.2, 0.25) is 0 Å². The van der Waals surface area contributed by atoms with E-state index in [1.54, 1.807) is 6.07 Å². The number of halogens is 4. The molecule has 0 spiro atoms. The van der Waals surface area contributed by atoms with Crippen molar-refractivity contribution in [1.82, 2.24) is 5.32 Å². The van der Waals surface area contributed by atoms with Gasteiger partial charge in [0, 0.05) is 10.5 Å². The summed E-state index contributed by atoms with van der Waals surface area (Å²) in [6, 6.07) is 4.46. The number of hydrogen-bond acceptors (Lipinski definition) is 1. The molecule has 1 nitrogen and oxygen atoms in total. The molecule has 0 amide bonds. The van der Waals surface area contributed by atoms with Crippen LogP contribution < -0.4 is 5.32 Å².